The molecule has 7 nitrogen and oxygen atoms in total. The quantitative estimate of drug-likeness (QED) is 0.391. The molecule has 2 aromatic carbocycles. The Morgan fingerprint density at radius 3 is 2.19 bits per heavy atom. The highest BCUT2D eigenvalue weighted by Crippen LogP contribution is 2.27. The second-order valence-electron chi connectivity index (χ2n) is 8.94. The number of aryl methyl sites for hydroxylation is 1. The number of anilines is 1. The van der Waals surface area contributed by atoms with Crippen LogP contribution in [0.2, 0.25) is 10.0 Å². The molecule has 0 bridgehead atoms. The van der Waals surface area contributed by atoms with Gasteiger partial charge in [-0.2, -0.15) is 0 Å². The normalized spacial score (nSPS) is 13.1. The van der Waals surface area contributed by atoms with Crippen LogP contribution in [-0.2, 0) is 26.2 Å². The largest absolute Gasteiger partial charge is 0.352 e. The maximum atomic E-state index is 13.4. The Bertz CT molecular complexity index is 1150. The average molecular weight is 557 g/mol. The maximum absolute atomic E-state index is 13.4. The third-order valence-corrected chi connectivity index (χ3v) is 7.98. The van der Waals surface area contributed by atoms with Gasteiger partial charge in [-0.3, -0.25) is 13.9 Å². The van der Waals surface area contributed by atoms with Gasteiger partial charge in [-0.05, 0) is 57.4 Å². The van der Waals surface area contributed by atoms with Crippen molar-refractivity contribution in [2.75, 3.05) is 17.1 Å². The van der Waals surface area contributed by atoms with Gasteiger partial charge >= 0.3 is 0 Å². The van der Waals surface area contributed by atoms with Gasteiger partial charge in [0.15, 0.2) is 0 Å². The fourth-order valence-electron chi connectivity index (χ4n) is 3.73. The van der Waals surface area contributed by atoms with Gasteiger partial charge in [0, 0.05) is 41.2 Å². The number of rotatable bonds is 12. The van der Waals surface area contributed by atoms with E-state index < -0.39 is 16.1 Å². The molecular formula is C26H35Cl2N3O4S. The van der Waals surface area contributed by atoms with E-state index in [9.17, 15) is 18.0 Å². The van der Waals surface area contributed by atoms with Crippen molar-refractivity contribution in [1.29, 1.82) is 0 Å². The Morgan fingerprint density at radius 2 is 1.64 bits per heavy atom. The second-order valence-corrected chi connectivity index (χ2v) is 11.7. The molecule has 0 heterocycles. The van der Waals surface area contributed by atoms with Gasteiger partial charge in [0.2, 0.25) is 21.8 Å². The SMILES string of the molecule is CC[C@H](C)NC(=O)[C@@H](C)N(Cc1c(Cl)cccc1Cl)C(=O)CCCN(c1ccccc1C)S(C)(=O)=O. The van der Waals surface area contributed by atoms with E-state index >= 15 is 0 Å². The summed E-state index contributed by atoms with van der Waals surface area (Å²) < 4.78 is 26.3. The molecule has 2 aromatic rings. The van der Waals surface area contributed by atoms with Gasteiger partial charge in [0.1, 0.15) is 6.04 Å². The van der Waals surface area contributed by atoms with E-state index in [0.717, 1.165) is 18.2 Å². The summed E-state index contributed by atoms with van der Waals surface area (Å²) in [5.41, 5.74) is 1.95. The monoisotopic (exact) mass is 555 g/mol. The lowest BCUT2D eigenvalue weighted by atomic mass is 10.1. The van der Waals surface area contributed by atoms with Crippen molar-refractivity contribution in [3.8, 4) is 0 Å². The summed E-state index contributed by atoms with van der Waals surface area (Å²) in [4.78, 5) is 27.7. The van der Waals surface area contributed by atoms with E-state index in [1.165, 1.54) is 9.21 Å². The van der Waals surface area contributed by atoms with Crippen molar-refractivity contribution in [2.45, 2.75) is 65.6 Å². The molecule has 1 N–H and O–H groups in total. The summed E-state index contributed by atoms with van der Waals surface area (Å²) in [6.07, 6.45) is 2.21. The summed E-state index contributed by atoms with van der Waals surface area (Å²) >= 11 is 12.7. The summed E-state index contributed by atoms with van der Waals surface area (Å²) in [5, 5.41) is 3.72. The topological polar surface area (TPSA) is 86.8 Å². The predicted molar refractivity (Wildman–Crippen MR) is 147 cm³/mol. The molecule has 198 valence electrons. The van der Waals surface area contributed by atoms with Crippen LogP contribution in [0, 0.1) is 6.92 Å². The number of nitrogens with one attached hydrogen (secondary N) is 1. The molecule has 0 aromatic heterocycles. The highest BCUT2D eigenvalue weighted by Gasteiger charge is 2.28. The van der Waals surface area contributed by atoms with Crippen LogP contribution in [0.1, 0.15) is 51.2 Å². The summed E-state index contributed by atoms with van der Waals surface area (Å²) in [6.45, 7) is 7.54. The number of nitrogens with zero attached hydrogens (tertiary/aromatic N) is 2. The number of hydrogen-bond acceptors (Lipinski definition) is 4. The molecule has 0 aliphatic rings. The number of hydrogen-bond donors (Lipinski definition) is 1. The van der Waals surface area contributed by atoms with Crippen molar-refractivity contribution in [2.24, 2.45) is 0 Å². The maximum Gasteiger partial charge on any atom is 0.242 e. The zero-order chi connectivity index (χ0) is 27.0. The third kappa shape index (κ3) is 8.11. The molecule has 36 heavy (non-hydrogen) atoms. The van der Waals surface area contributed by atoms with E-state index in [2.05, 4.69) is 5.32 Å². The summed E-state index contributed by atoms with van der Waals surface area (Å²) in [7, 11) is -3.56. The summed E-state index contributed by atoms with van der Waals surface area (Å²) in [5.74, 6) is -0.574. The second kappa shape index (κ2) is 13.3. The zero-order valence-electron chi connectivity index (χ0n) is 21.4. The number of carbonyl (C=O) groups is 2. The van der Waals surface area contributed by atoms with Crippen molar-refractivity contribution < 1.29 is 18.0 Å². The first-order valence-electron chi connectivity index (χ1n) is 11.9. The molecular weight excluding hydrogens is 521 g/mol. The average Bonchev–Trinajstić information content (AvgIpc) is 2.81. The molecule has 0 fully saturated rings. The molecule has 0 spiro atoms. The van der Waals surface area contributed by atoms with Crippen LogP contribution >= 0.6 is 23.2 Å². The van der Waals surface area contributed by atoms with Gasteiger partial charge in [0.05, 0.1) is 11.9 Å². The first-order valence-corrected chi connectivity index (χ1v) is 14.5. The molecule has 2 amide bonds. The molecule has 0 unspecified atom stereocenters. The Hall–Kier alpha value is -2.29. The van der Waals surface area contributed by atoms with Gasteiger partial charge in [-0.1, -0.05) is 54.4 Å². The zero-order valence-corrected chi connectivity index (χ0v) is 23.8. The molecule has 0 saturated heterocycles. The van der Waals surface area contributed by atoms with Crippen LogP contribution in [0.25, 0.3) is 0 Å². The standard InChI is InChI=1S/C26H35Cl2N3O4S/c1-6-19(3)29-26(33)20(4)30(17-21-22(27)12-9-13-23(21)28)25(32)15-10-16-31(36(5,34)35)24-14-8-7-11-18(24)2/h7-9,11-14,19-20H,6,10,15-17H2,1-5H3,(H,29,33)/t19-,20+/m0/s1. The first-order chi connectivity index (χ1) is 16.9. The predicted octanol–water partition coefficient (Wildman–Crippen LogP) is 5.18. The Labute approximate surface area is 224 Å². The summed E-state index contributed by atoms with van der Waals surface area (Å²) in [6, 6.07) is 11.5. The van der Waals surface area contributed by atoms with E-state index in [4.69, 9.17) is 23.2 Å². The van der Waals surface area contributed by atoms with Gasteiger partial charge in [0.25, 0.3) is 0 Å². The van der Waals surface area contributed by atoms with Crippen LogP contribution in [0.4, 0.5) is 5.69 Å². The molecule has 2 rings (SSSR count). The minimum atomic E-state index is -3.56. The van der Waals surface area contributed by atoms with Crippen molar-refractivity contribution >= 4 is 50.7 Å². The van der Waals surface area contributed by atoms with Crippen molar-refractivity contribution in [3.63, 3.8) is 0 Å². The van der Waals surface area contributed by atoms with E-state index in [1.54, 1.807) is 37.3 Å². The minimum absolute atomic E-state index is 0.0426. The van der Waals surface area contributed by atoms with Crippen LogP contribution in [0.15, 0.2) is 42.5 Å². The smallest absolute Gasteiger partial charge is 0.242 e. The number of amides is 2. The fourth-order valence-corrected chi connectivity index (χ4v) is 5.27. The van der Waals surface area contributed by atoms with E-state index in [0.29, 0.717) is 21.3 Å². The number of carbonyl (C=O) groups excluding carboxylic acids is 2. The lowest BCUT2D eigenvalue weighted by Gasteiger charge is -2.31. The third-order valence-electron chi connectivity index (χ3n) is 6.09. The van der Waals surface area contributed by atoms with Crippen LogP contribution in [0.5, 0.6) is 0 Å². The van der Waals surface area contributed by atoms with Crippen molar-refractivity contribution in [3.05, 3.63) is 63.6 Å². The van der Waals surface area contributed by atoms with Gasteiger partial charge in [-0.15, -0.1) is 0 Å². The van der Waals surface area contributed by atoms with Gasteiger partial charge < -0.3 is 10.2 Å². The molecule has 2 atom stereocenters. The highest BCUT2D eigenvalue weighted by molar-refractivity contribution is 7.92. The van der Waals surface area contributed by atoms with Crippen LogP contribution in [0.3, 0.4) is 0 Å². The first kappa shape index (κ1) is 29.9. The molecule has 0 radical (unpaired) electrons. The van der Waals surface area contributed by atoms with Gasteiger partial charge in [-0.25, -0.2) is 8.42 Å². The number of benzene rings is 2. The lowest BCUT2D eigenvalue weighted by molar-refractivity contribution is -0.140. The van der Waals surface area contributed by atoms with E-state index in [-0.39, 0.29) is 43.8 Å². The number of sulfonamides is 1. The molecule has 0 aliphatic carbocycles. The molecule has 0 aliphatic heterocycles. The van der Waals surface area contributed by atoms with E-state index in [1.807, 2.05) is 32.9 Å². The minimum Gasteiger partial charge on any atom is -0.352 e. The van der Waals surface area contributed by atoms with Crippen molar-refractivity contribution in [1.82, 2.24) is 10.2 Å². The highest BCUT2D eigenvalue weighted by atomic mass is 35.5. The number of para-hydroxylation sites is 1. The lowest BCUT2D eigenvalue weighted by Crippen LogP contribution is -2.49. The van der Waals surface area contributed by atoms with Crippen LogP contribution in [-0.4, -0.2) is 50.0 Å². The molecule has 0 saturated carbocycles. The van der Waals surface area contributed by atoms with Crippen LogP contribution < -0.4 is 9.62 Å². The number of halogens is 2. The Morgan fingerprint density at radius 1 is 1.03 bits per heavy atom. The Balaban J connectivity index is 2.24. The Kier molecular flexibility index (Phi) is 11.1. The fraction of sp³-hybridized carbons (Fsp3) is 0.462. The molecule has 10 heteroatoms.